The minimum absolute atomic E-state index is 0. The molecule has 0 bridgehead atoms. The molecule has 0 aromatic rings. The van der Waals surface area contributed by atoms with Crippen LogP contribution in [0.3, 0.4) is 0 Å². The van der Waals surface area contributed by atoms with Gasteiger partial charge in [0, 0.05) is 39.6 Å². The molecule has 0 aromatic heterocycles. The van der Waals surface area contributed by atoms with Crippen LogP contribution >= 0.6 is 0 Å². The molecule has 1 aliphatic rings. The second-order valence-corrected chi connectivity index (χ2v) is 0.553. The van der Waals surface area contributed by atoms with Gasteiger partial charge in [-0.1, -0.05) is 0 Å². The van der Waals surface area contributed by atoms with Crippen molar-refractivity contribution in [2.45, 2.75) is 0 Å². The molecule has 7 heavy (non-hydrogen) atoms. The van der Waals surface area contributed by atoms with E-state index >= 15 is 0 Å². The molecule has 0 unspecified atom stereocenters. The summed E-state index contributed by atoms with van der Waals surface area (Å²) in [5.74, 6) is 0. The third kappa shape index (κ3) is 2.10. The smallest absolute Gasteiger partial charge is 0.223 e. The van der Waals surface area contributed by atoms with Gasteiger partial charge in [0.05, 0.1) is 0 Å². The molecule has 0 saturated carbocycles. The van der Waals surface area contributed by atoms with Gasteiger partial charge in [-0.2, -0.15) is 4.79 Å². The summed E-state index contributed by atoms with van der Waals surface area (Å²) in [6.07, 6.45) is -0.991. The SMILES string of the molecule is O=C1OOOO1.[Na]. The van der Waals surface area contributed by atoms with Crippen LogP contribution in [0.25, 0.3) is 0 Å². The van der Waals surface area contributed by atoms with Gasteiger partial charge in [0.15, 0.2) is 0 Å². The normalized spacial score (nSPS) is 16.9. The molecule has 1 rings (SSSR count). The van der Waals surface area contributed by atoms with Crippen LogP contribution in [0.4, 0.5) is 4.79 Å². The second kappa shape index (κ2) is 3.23. The molecule has 35 valence electrons. The number of hydrogen-bond donors (Lipinski definition) is 0. The van der Waals surface area contributed by atoms with Crippen LogP contribution in [-0.4, -0.2) is 35.7 Å². The van der Waals surface area contributed by atoms with E-state index in [0.29, 0.717) is 0 Å². The topological polar surface area (TPSA) is 54.0 Å². The quantitative estimate of drug-likeness (QED) is 0.316. The minimum Gasteiger partial charge on any atom is -0.223 e. The molecular weight excluding hydrogens is 115 g/mol. The third-order valence-corrected chi connectivity index (χ3v) is 0.232. The van der Waals surface area contributed by atoms with Gasteiger partial charge in [0.1, 0.15) is 0 Å². The largest absolute Gasteiger partial charge is 0.577 e. The van der Waals surface area contributed by atoms with E-state index < -0.39 is 6.16 Å². The number of rotatable bonds is 0. The van der Waals surface area contributed by atoms with E-state index in [1.807, 2.05) is 0 Å². The van der Waals surface area contributed by atoms with Crippen LogP contribution in [0, 0.1) is 0 Å². The first kappa shape index (κ1) is 7.19. The standard InChI is InChI=1S/CO5.Na/c2-1-3-5-6-4-1;. The molecule has 1 radical (unpaired) electrons. The molecule has 0 aliphatic carbocycles. The third-order valence-electron chi connectivity index (χ3n) is 0.232. The van der Waals surface area contributed by atoms with E-state index in [2.05, 4.69) is 19.9 Å². The molecule has 1 saturated heterocycles. The Hall–Kier alpha value is 0.190. The first-order valence-electron chi connectivity index (χ1n) is 1.11. The molecule has 0 N–H and O–H groups in total. The van der Waals surface area contributed by atoms with E-state index in [-0.39, 0.29) is 29.6 Å². The summed E-state index contributed by atoms with van der Waals surface area (Å²) < 4.78 is 0. The Morgan fingerprint density at radius 1 is 1.14 bits per heavy atom. The van der Waals surface area contributed by atoms with E-state index in [0.717, 1.165) is 0 Å². The number of carbonyl (C=O) groups excluding carboxylic acids is 1. The van der Waals surface area contributed by atoms with Crippen molar-refractivity contribution in [3.63, 3.8) is 0 Å². The number of carbonyl (C=O) groups is 1. The van der Waals surface area contributed by atoms with Gasteiger partial charge in [-0.25, -0.2) is 9.78 Å². The van der Waals surface area contributed by atoms with Gasteiger partial charge in [0.25, 0.3) is 0 Å². The first-order chi connectivity index (χ1) is 2.89. The van der Waals surface area contributed by atoms with Crippen LogP contribution in [0.2, 0.25) is 0 Å². The Morgan fingerprint density at radius 2 is 1.57 bits per heavy atom. The van der Waals surface area contributed by atoms with E-state index in [1.165, 1.54) is 0 Å². The zero-order valence-corrected chi connectivity index (χ0v) is 5.54. The maximum atomic E-state index is 9.55. The molecule has 1 heterocycles. The van der Waals surface area contributed by atoms with Crippen molar-refractivity contribution in [2.75, 3.05) is 0 Å². The fourth-order valence-electron chi connectivity index (χ4n) is 0.0972. The van der Waals surface area contributed by atoms with Crippen LogP contribution < -0.4 is 0 Å². The summed E-state index contributed by atoms with van der Waals surface area (Å²) >= 11 is 0. The van der Waals surface area contributed by atoms with Crippen molar-refractivity contribution in [3.8, 4) is 0 Å². The average molecular weight is 115 g/mol. The van der Waals surface area contributed by atoms with E-state index in [9.17, 15) is 4.79 Å². The van der Waals surface area contributed by atoms with Crippen molar-refractivity contribution in [1.29, 1.82) is 0 Å². The Balaban J connectivity index is 0.000000360. The van der Waals surface area contributed by atoms with Gasteiger partial charge in [-0.3, -0.25) is 0 Å². The maximum absolute atomic E-state index is 9.55. The second-order valence-electron chi connectivity index (χ2n) is 0.553. The fraction of sp³-hybridized carbons (Fsp3) is 0. The maximum Gasteiger partial charge on any atom is 0.577 e. The molecule has 0 amide bonds. The van der Waals surface area contributed by atoms with E-state index in [1.54, 1.807) is 0 Å². The van der Waals surface area contributed by atoms with Gasteiger partial charge in [-0.05, 0) is 0 Å². The van der Waals surface area contributed by atoms with Crippen LogP contribution in [0.1, 0.15) is 0 Å². The van der Waals surface area contributed by atoms with Gasteiger partial charge >= 0.3 is 6.16 Å². The van der Waals surface area contributed by atoms with Gasteiger partial charge in [-0.15, -0.1) is 0 Å². The summed E-state index contributed by atoms with van der Waals surface area (Å²) in [6.45, 7) is 0. The van der Waals surface area contributed by atoms with Crippen LogP contribution in [-0.2, 0) is 19.9 Å². The summed E-state index contributed by atoms with van der Waals surface area (Å²) in [5, 5.41) is 6.97. The summed E-state index contributed by atoms with van der Waals surface area (Å²) in [4.78, 5) is 16.7. The first-order valence-corrected chi connectivity index (χ1v) is 1.11. The summed E-state index contributed by atoms with van der Waals surface area (Å²) in [5.41, 5.74) is 0. The van der Waals surface area contributed by atoms with Crippen LogP contribution in [0.15, 0.2) is 0 Å². The van der Waals surface area contributed by atoms with Crippen molar-refractivity contribution in [1.82, 2.24) is 0 Å². The van der Waals surface area contributed by atoms with Crippen molar-refractivity contribution in [2.24, 2.45) is 0 Å². The predicted molar refractivity (Wildman–Crippen MR) is 15.5 cm³/mol. The molecule has 0 spiro atoms. The Morgan fingerprint density at radius 3 is 1.71 bits per heavy atom. The zero-order chi connectivity index (χ0) is 4.41. The van der Waals surface area contributed by atoms with Gasteiger partial charge in [0.2, 0.25) is 0 Å². The molecule has 1 fully saturated rings. The molecular formula is CNaO5. The fourth-order valence-corrected chi connectivity index (χ4v) is 0.0972. The zero-order valence-electron chi connectivity index (χ0n) is 3.54. The molecule has 5 nitrogen and oxygen atoms in total. The minimum atomic E-state index is -0.991. The number of hydrogen-bond acceptors (Lipinski definition) is 5. The van der Waals surface area contributed by atoms with Crippen molar-refractivity contribution >= 4 is 35.7 Å². The van der Waals surface area contributed by atoms with Gasteiger partial charge < -0.3 is 0 Å². The summed E-state index contributed by atoms with van der Waals surface area (Å²) in [7, 11) is 0. The molecule has 1 aliphatic heterocycles. The predicted octanol–water partition coefficient (Wildman–Crippen LogP) is -0.449. The monoisotopic (exact) mass is 115 g/mol. The van der Waals surface area contributed by atoms with E-state index in [4.69, 9.17) is 0 Å². The summed E-state index contributed by atoms with van der Waals surface area (Å²) in [6, 6.07) is 0. The Kier molecular flexibility index (Phi) is 3.31. The van der Waals surface area contributed by atoms with Crippen molar-refractivity contribution < 1.29 is 24.6 Å². The molecule has 0 aromatic carbocycles. The molecule has 6 heteroatoms. The van der Waals surface area contributed by atoms with Crippen LogP contribution in [0.5, 0.6) is 0 Å². The Bertz CT molecular complexity index is 62.5. The Labute approximate surface area is 60.6 Å². The average Bonchev–Trinajstić information content (AvgIpc) is 1.86. The molecule has 0 atom stereocenters. The van der Waals surface area contributed by atoms with Crippen molar-refractivity contribution in [3.05, 3.63) is 0 Å².